The van der Waals surface area contributed by atoms with Crippen molar-refractivity contribution >= 4 is 16.0 Å². The minimum Gasteiger partial charge on any atom is -0.480 e. The van der Waals surface area contributed by atoms with Crippen LogP contribution in [0.25, 0.3) is 0 Å². The van der Waals surface area contributed by atoms with Gasteiger partial charge in [0.25, 0.3) is 0 Å². The summed E-state index contributed by atoms with van der Waals surface area (Å²) in [6.45, 7) is -0.152. The van der Waals surface area contributed by atoms with E-state index in [1.165, 1.54) is 0 Å². The van der Waals surface area contributed by atoms with E-state index in [9.17, 15) is 40.3 Å². The number of nitrogens with zero attached hydrogens (tertiary/aromatic N) is 1. The van der Waals surface area contributed by atoms with Crippen molar-refractivity contribution in [3.8, 4) is 0 Å². The predicted molar refractivity (Wildman–Crippen MR) is 115 cm³/mol. The molecule has 6 nitrogen and oxygen atoms in total. The number of carbonyl (C=O) groups is 1. The molecular formula is C23H19F5N2O4S. The second-order valence-corrected chi connectivity index (χ2v) is 9.20. The highest BCUT2D eigenvalue weighted by Gasteiger charge is 2.36. The minimum atomic E-state index is -5.47. The molecule has 0 aliphatic heterocycles. The van der Waals surface area contributed by atoms with Crippen LogP contribution < -0.4 is 4.72 Å². The van der Waals surface area contributed by atoms with E-state index < -0.39 is 62.6 Å². The zero-order valence-corrected chi connectivity index (χ0v) is 18.7. The van der Waals surface area contributed by atoms with Gasteiger partial charge in [-0.05, 0) is 11.1 Å². The van der Waals surface area contributed by atoms with Gasteiger partial charge in [-0.15, -0.1) is 0 Å². The Hall–Kier alpha value is -3.35. The summed E-state index contributed by atoms with van der Waals surface area (Å²) in [6.07, 6.45) is 0. The van der Waals surface area contributed by atoms with E-state index in [4.69, 9.17) is 0 Å². The van der Waals surface area contributed by atoms with Crippen molar-refractivity contribution in [2.45, 2.75) is 24.0 Å². The lowest BCUT2D eigenvalue weighted by molar-refractivity contribution is -0.139. The normalized spacial score (nSPS) is 12.6. The molecule has 0 amide bonds. The fourth-order valence-electron chi connectivity index (χ4n) is 3.36. The van der Waals surface area contributed by atoms with Crippen molar-refractivity contribution in [3.63, 3.8) is 0 Å². The Bertz CT molecular complexity index is 1240. The SMILES string of the molecule is O=C(O)[C@H](CN(Cc1ccccc1)Cc1ccccc1)NS(=O)(=O)c1c(F)c(F)c(F)c(F)c1F. The summed E-state index contributed by atoms with van der Waals surface area (Å²) in [7, 11) is -5.47. The quantitative estimate of drug-likeness (QED) is 0.244. The van der Waals surface area contributed by atoms with Gasteiger partial charge in [-0.25, -0.2) is 30.4 Å². The second kappa shape index (κ2) is 10.9. The predicted octanol–water partition coefficient (Wildman–Crippen LogP) is 3.82. The van der Waals surface area contributed by atoms with Crippen LogP contribution in [0.1, 0.15) is 11.1 Å². The lowest BCUT2D eigenvalue weighted by Gasteiger charge is -2.26. The van der Waals surface area contributed by atoms with Gasteiger partial charge in [0.05, 0.1) is 0 Å². The van der Waals surface area contributed by atoms with Crippen LogP contribution in [-0.4, -0.2) is 37.0 Å². The molecule has 35 heavy (non-hydrogen) atoms. The number of rotatable bonds is 10. The summed E-state index contributed by atoms with van der Waals surface area (Å²) in [4.78, 5) is 11.3. The van der Waals surface area contributed by atoms with Crippen molar-refractivity contribution in [3.05, 3.63) is 101 Å². The first-order valence-corrected chi connectivity index (χ1v) is 11.6. The standard InChI is InChI=1S/C23H19F5N2O4S/c24-17-18(25)20(27)22(21(28)19(17)26)35(33,34)29-16(23(31)32)13-30(11-14-7-3-1-4-8-14)12-15-9-5-2-6-10-15/h1-10,16,29H,11-13H2,(H,31,32)/t16-/m0/s1. The highest BCUT2D eigenvalue weighted by atomic mass is 32.2. The van der Waals surface area contributed by atoms with Crippen molar-refractivity contribution in [2.24, 2.45) is 0 Å². The third kappa shape index (κ3) is 6.21. The van der Waals surface area contributed by atoms with Crippen molar-refractivity contribution in [1.82, 2.24) is 9.62 Å². The van der Waals surface area contributed by atoms with Gasteiger partial charge < -0.3 is 5.11 Å². The fraction of sp³-hybridized carbons (Fsp3) is 0.174. The average molecular weight is 514 g/mol. The molecule has 0 aliphatic carbocycles. The molecule has 0 bridgehead atoms. The topological polar surface area (TPSA) is 86.7 Å². The number of sulfonamides is 1. The third-order valence-corrected chi connectivity index (χ3v) is 6.46. The number of aliphatic carboxylic acids is 1. The molecule has 0 heterocycles. The van der Waals surface area contributed by atoms with E-state index in [-0.39, 0.29) is 13.1 Å². The summed E-state index contributed by atoms with van der Waals surface area (Å²) in [6, 6.07) is 15.6. The van der Waals surface area contributed by atoms with Crippen LogP contribution in [0.15, 0.2) is 65.6 Å². The van der Waals surface area contributed by atoms with Crippen molar-refractivity contribution in [2.75, 3.05) is 6.54 Å². The first-order chi connectivity index (χ1) is 16.5. The average Bonchev–Trinajstić information content (AvgIpc) is 2.82. The Morgan fingerprint density at radius 1 is 0.771 bits per heavy atom. The maximum atomic E-state index is 14.1. The van der Waals surface area contributed by atoms with Crippen LogP contribution in [0.5, 0.6) is 0 Å². The molecule has 3 aromatic rings. The van der Waals surface area contributed by atoms with E-state index in [2.05, 4.69) is 0 Å². The molecule has 3 rings (SSSR count). The molecule has 0 aliphatic rings. The van der Waals surface area contributed by atoms with Gasteiger partial charge in [0.1, 0.15) is 6.04 Å². The molecular weight excluding hydrogens is 495 g/mol. The van der Waals surface area contributed by atoms with Crippen LogP contribution in [0.2, 0.25) is 0 Å². The van der Waals surface area contributed by atoms with Crippen LogP contribution in [0.4, 0.5) is 22.0 Å². The largest absolute Gasteiger partial charge is 0.480 e. The number of benzene rings is 3. The summed E-state index contributed by atoms with van der Waals surface area (Å²) < 4.78 is 95.3. The molecule has 0 unspecified atom stereocenters. The van der Waals surface area contributed by atoms with E-state index in [0.717, 1.165) is 11.1 Å². The zero-order chi connectivity index (χ0) is 25.8. The number of hydrogen-bond donors (Lipinski definition) is 2. The highest BCUT2D eigenvalue weighted by Crippen LogP contribution is 2.27. The number of carboxylic acids is 1. The summed E-state index contributed by atoms with van der Waals surface area (Å²) in [5, 5.41) is 9.61. The molecule has 186 valence electrons. The fourth-order valence-corrected chi connectivity index (χ4v) is 4.68. The molecule has 0 spiro atoms. The maximum absolute atomic E-state index is 14.1. The molecule has 0 radical (unpaired) electrons. The second-order valence-electron chi connectivity index (χ2n) is 7.55. The van der Waals surface area contributed by atoms with Crippen molar-refractivity contribution < 1.29 is 40.3 Å². The molecule has 12 heteroatoms. The smallest absolute Gasteiger partial charge is 0.323 e. The molecule has 0 fully saturated rings. The summed E-state index contributed by atoms with van der Waals surface area (Å²) in [5.74, 6) is -14.4. The van der Waals surface area contributed by atoms with Gasteiger partial charge in [-0.3, -0.25) is 9.69 Å². The first kappa shape index (κ1) is 26.3. The van der Waals surface area contributed by atoms with Gasteiger partial charge in [-0.1, -0.05) is 60.7 Å². The molecule has 0 saturated carbocycles. The van der Waals surface area contributed by atoms with Gasteiger partial charge in [0, 0.05) is 19.6 Å². The van der Waals surface area contributed by atoms with Gasteiger partial charge in [-0.2, -0.15) is 4.72 Å². The number of hydrogen-bond acceptors (Lipinski definition) is 4. The minimum absolute atomic E-state index is 0.170. The molecule has 3 aromatic carbocycles. The van der Waals surface area contributed by atoms with Crippen LogP contribution in [-0.2, 0) is 27.9 Å². The Labute approximate surface area is 197 Å². The Morgan fingerprint density at radius 2 is 1.17 bits per heavy atom. The Kier molecular flexibility index (Phi) is 8.20. The molecule has 0 aromatic heterocycles. The molecule has 1 atom stereocenters. The Balaban J connectivity index is 1.93. The van der Waals surface area contributed by atoms with Crippen LogP contribution in [0.3, 0.4) is 0 Å². The van der Waals surface area contributed by atoms with Crippen LogP contribution >= 0.6 is 0 Å². The monoisotopic (exact) mass is 514 g/mol. The lowest BCUT2D eigenvalue weighted by Crippen LogP contribution is -2.48. The van der Waals surface area contributed by atoms with E-state index in [1.807, 2.05) is 0 Å². The van der Waals surface area contributed by atoms with Gasteiger partial charge >= 0.3 is 5.97 Å². The van der Waals surface area contributed by atoms with Crippen molar-refractivity contribution in [1.29, 1.82) is 0 Å². The number of carboxylic acid groups (broad SMARTS) is 1. The number of halogens is 5. The maximum Gasteiger partial charge on any atom is 0.323 e. The first-order valence-electron chi connectivity index (χ1n) is 10.1. The molecule has 2 N–H and O–H groups in total. The van der Waals surface area contributed by atoms with Gasteiger partial charge in [0.2, 0.25) is 15.8 Å². The zero-order valence-electron chi connectivity index (χ0n) is 17.9. The third-order valence-electron chi connectivity index (χ3n) is 4.97. The van der Waals surface area contributed by atoms with Crippen LogP contribution in [0, 0.1) is 29.1 Å². The van der Waals surface area contributed by atoms with E-state index >= 15 is 0 Å². The molecule has 0 saturated heterocycles. The van der Waals surface area contributed by atoms with E-state index in [1.54, 1.807) is 70.3 Å². The summed E-state index contributed by atoms with van der Waals surface area (Å²) in [5.41, 5.74) is 1.52. The van der Waals surface area contributed by atoms with E-state index in [0.29, 0.717) is 0 Å². The Morgan fingerprint density at radius 3 is 1.57 bits per heavy atom. The number of nitrogens with one attached hydrogen (secondary N) is 1. The lowest BCUT2D eigenvalue weighted by atomic mass is 10.1. The van der Waals surface area contributed by atoms with Gasteiger partial charge in [0.15, 0.2) is 28.2 Å². The highest BCUT2D eigenvalue weighted by molar-refractivity contribution is 7.89. The summed E-state index contributed by atoms with van der Waals surface area (Å²) >= 11 is 0.